The summed E-state index contributed by atoms with van der Waals surface area (Å²) >= 11 is 0. The molecule has 18 heavy (non-hydrogen) atoms. The predicted octanol–water partition coefficient (Wildman–Crippen LogP) is 2.16. The first-order chi connectivity index (χ1) is 8.68. The van der Waals surface area contributed by atoms with Gasteiger partial charge in [-0.1, -0.05) is 30.3 Å². The summed E-state index contributed by atoms with van der Waals surface area (Å²) in [5.41, 5.74) is 6.69. The highest BCUT2D eigenvalue weighted by Crippen LogP contribution is 2.15. The number of hydrogen-bond acceptors (Lipinski definition) is 3. The molecule has 2 rings (SSSR count). The SMILES string of the molecule is CC(NC(=O)C(N)c1ccccc1)c1ccco1. The lowest BCUT2D eigenvalue weighted by atomic mass is 10.1. The maximum absolute atomic E-state index is 12.0. The molecule has 2 unspecified atom stereocenters. The van der Waals surface area contributed by atoms with Crippen molar-refractivity contribution < 1.29 is 9.21 Å². The second kappa shape index (κ2) is 5.51. The number of nitrogens with two attached hydrogens (primary N) is 1. The molecule has 2 atom stereocenters. The number of carbonyl (C=O) groups excluding carboxylic acids is 1. The third-order valence-electron chi connectivity index (χ3n) is 2.77. The van der Waals surface area contributed by atoms with E-state index >= 15 is 0 Å². The number of benzene rings is 1. The molecular weight excluding hydrogens is 228 g/mol. The molecule has 4 heteroatoms. The van der Waals surface area contributed by atoms with E-state index in [1.54, 1.807) is 12.3 Å². The van der Waals surface area contributed by atoms with Gasteiger partial charge < -0.3 is 15.5 Å². The number of furan rings is 1. The van der Waals surface area contributed by atoms with E-state index < -0.39 is 6.04 Å². The number of amides is 1. The van der Waals surface area contributed by atoms with Crippen molar-refractivity contribution in [2.75, 3.05) is 0 Å². The van der Waals surface area contributed by atoms with Gasteiger partial charge in [0.15, 0.2) is 0 Å². The Morgan fingerprint density at radius 2 is 1.94 bits per heavy atom. The first-order valence-corrected chi connectivity index (χ1v) is 5.83. The molecule has 0 saturated heterocycles. The fourth-order valence-electron chi connectivity index (χ4n) is 1.72. The lowest BCUT2D eigenvalue weighted by Gasteiger charge is -2.16. The van der Waals surface area contributed by atoms with Crippen LogP contribution in [-0.4, -0.2) is 5.91 Å². The van der Waals surface area contributed by atoms with Gasteiger partial charge in [0, 0.05) is 0 Å². The predicted molar refractivity (Wildman–Crippen MR) is 68.6 cm³/mol. The summed E-state index contributed by atoms with van der Waals surface area (Å²) in [5.74, 6) is 0.494. The van der Waals surface area contributed by atoms with Crippen LogP contribution in [0.15, 0.2) is 53.1 Å². The molecule has 0 bridgehead atoms. The van der Waals surface area contributed by atoms with Crippen molar-refractivity contribution in [2.24, 2.45) is 5.73 Å². The molecule has 3 N–H and O–H groups in total. The molecule has 0 radical (unpaired) electrons. The van der Waals surface area contributed by atoms with Gasteiger partial charge in [0.2, 0.25) is 5.91 Å². The highest BCUT2D eigenvalue weighted by atomic mass is 16.3. The Morgan fingerprint density at radius 1 is 1.22 bits per heavy atom. The van der Waals surface area contributed by atoms with Crippen molar-refractivity contribution in [3.63, 3.8) is 0 Å². The minimum Gasteiger partial charge on any atom is -0.467 e. The second-order valence-corrected chi connectivity index (χ2v) is 4.13. The average Bonchev–Trinajstić information content (AvgIpc) is 2.92. The molecule has 0 saturated carbocycles. The van der Waals surface area contributed by atoms with Gasteiger partial charge in [0.1, 0.15) is 11.8 Å². The largest absolute Gasteiger partial charge is 0.467 e. The van der Waals surface area contributed by atoms with Crippen LogP contribution in [0.5, 0.6) is 0 Å². The quantitative estimate of drug-likeness (QED) is 0.866. The van der Waals surface area contributed by atoms with Gasteiger partial charge >= 0.3 is 0 Å². The van der Waals surface area contributed by atoms with Gasteiger partial charge in [-0.2, -0.15) is 0 Å². The van der Waals surface area contributed by atoms with E-state index in [4.69, 9.17) is 10.2 Å². The normalized spacial score (nSPS) is 13.9. The van der Waals surface area contributed by atoms with Gasteiger partial charge in [0.25, 0.3) is 0 Å². The summed E-state index contributed by atoms with van der Waals surface area (Å²) in [6.45, 7) is 1.86. The Bertz CT molecular complexity index is 494. The molecule has 1 heterocycles. The molecule has 4 nitrogen and oxygen atoms in total. The fraction of sp³-hybridized carbons (Fsp3) is 0.214. The van der Waals surface area contributed by atoms with Gasteiger partial charge in [-0.25, -0.2) is 0 Å². The highest BCUT2D eigenvalue weighted by molar-refractivity contribution is 5.83. The molecule has 0 aliphatic heterocycles. The van der Waals surface area contributed by atoms with Crippen molar-refractivity contribution >= 4 is 5.91 Å². The molecule has 0 fully saturated rings. The van der Waals surface area contributed by atoms with Crippen LogP contribution in [0.25, 0.3) is 0 Å². The summed E-state index contributed by atoms with van der Waals surface area (Å²) in [6.07, 6.45) is 1.58. The van der Waals surface area contributed by atoms with E-state index in [0.717, 1.165) is 5.56 Å². The highest BCUT2D eigenvalue weighted by Gasteiger charge is 2.18. The van der Waals surface area contributed by atoms with Gasteiger partial charge in [-0.3, -0.25) is 4.79 Å². The van der Waals surface area contributed by atoms with E-state index in [9.17, 15) is 4.79 Å². The maximum Gasteiger partial charge on any atom is 0.242 e. The van der Waals surface area contributed by atoms with Crippen LogP contribution in [0, 0.1) is 0 Å². The summed E-state index contributed by atoms with van der Waals surface area (Å²) in [6, 6.07) is 12.0. The topological polar surface area (TPSA) is 68.3 Å². The number of carbonyl (C=O) groups is 1. The van der Waals surface area contributed by atoms with Crippen molar-refractivity contribution in [3.05, 3.63) is 60.1 Å². The summed E-state index contributed by atoms with van der Waals surface area (Å²) < 4.78 is 5.23. The van der Waals surface area contributed by atoms with E-state index in [1.165, 1.54) is 0 Å². The smallest absolute Gasteiger partial charge is 0.242 e. The van der Waals surface area contributed by atoms with Crippen LogP contribution in [0.2, 0.25) is 0 Å². The molecule has 1 amide bonds. The standard InChI is InChI=1S/C14H16N2O2/c1-10(12-8-5-9-18-12)16-14(17)13(15)11-6-3-2-4-7-11/h2-10,13H,15H2,1H3,(H,16,17). The molecule has 0 aliphatic rings. The number of rotatable bonds is 4. The third kappa shape index (κ3) is 2.78. The molecule has 0 aliphatic carbocycles. The summed E-state index contributed by atoms with van der Waals surface area (Å²) in [4.78, 5) is 12.0. The Labute approximate surface area is 106 Å². The summed E-state index contributed by atoms with van der Waals surface area (Å²) in [5, 5.41) is 2.82. The lowest BCUT2D eigenvalue weighted by Crippen LogP contribution is -2.35. The fourth-order valence-corrected chi connectivity index (χ4v) is 1.72. The van der Waals surface area contributed by atoms with Crippen LogP contribution >= 0.6 is 0 Å². The average molecular weight is 244 g/mol. The van der Waals surface area contributed by atoms with E-state index in [-0.39, 0.29) is 11.9 Å². The molecule has 1 aromatic heterocycles. The summed E-state index contributed by atoms with van der Waals surface area (Å²) in [7, 11) is 0. The van der Waals surface area contributed by atoms with Crippen molar-refractivity contribution in [1.29, 1.82) is 0 Å². The number of nitrogens with one attached hydrogen (secondary N) is 1. The minimum atomic E-state index is -0.663. The molecule has 1 aromatic carbocycles. The zero-order chi connectivity index (χ0) is 13.0. The van der Waals surface area contributed by atoms with Gasteiger partial charge in [-0.05, 0) is 24.6 Å². The molecule has 94 valence electrons. The minimum absolute atomic E-state index is 0.192. The van der Waals surface area contributed by atoms with Crippen LogP contribution < -0.4 is 11.1 Å². The third-order valence-corrected chi connectivity index (χ3v) is 2.77. The van der Waals surface area contributed by atoms with E-state index in [2.05, 4.69) is 5.32 Å². The van der Waals surface area contributed by atoms with Gasteiger partial charge in [0.05, 0.1) is 12.3 Å². The van der Waals surface area contributed by atoms with Crippen molar-refractivity contribution in [3.8, 4) is 0 Å². The Balaban J connectivity index is 2.00. The molecule has 0 spiro atoms. The van der Waals surface area contributed by atoms with Crippen molar-refractivity contribution in [1.82, 2.24) is 5.32 Å². The van der Waals surface area contributed by atoms with Gasteiger partial charge in [-0.15, -0.1) is 0 Å². The second-order valence-electron chi connectivity index (χ2n) is 4.13. The van der Waals surface area contributed by atoms with Crippen LogP contribution in [0.1, 0.15) is 30.3 Å². The van der Waals surface area contributed by atoms with Crippen LogP contribution in [0.3, 0.4) is 0 Å². The Morgan fingerprint density at radius 3 is 2.56 bits per heavy atom. The first kappa shape index (κ1) is 12.4. The van der Waals surface area contributed by atoms with Crippen LogP contribution in [-0.2, 0) is 4.79 Å². The van der Waals surface area contributed by atoms with E-state index in [1.807, 2.05) is 43.3 Å². The lowest BCUT2D eigenvalue weighted by molar-refractivity contribution is -0.123. The molecular formula is C14H16N2O2. The number of hydrogen-bond donors (Lipinski definition) is 2. The monoisotopic (exact) mass is 244 g/mol. The Kier molecular flexibility index (Phi) is 3.79. The van der Waals surface area contributed by atoms with Crippen molar-refractivity contribution in [2.45, 2.75) is 19.0 Å². The maximum atomic E-state index is 12.0. The first-order valence-electron chi connectivity index (χ1n) is 5.83. The van der Waals surface area contributed by atoms with Crippen LogP contribution in [0.4, 0.5) is 0 Å². The molecule has 2 aromatic rings. The zero-order valence-corrected chi connectivity index (χ0v) is 10.2. The Hall–Kier alpha value is -2.07. The van der Waals surface area contributed by atoms with E-state index in [0.29, 0.717) is 5.76 Å². The zero-order valence-electron chi connectivity index (χ0n) is 10.2.